The summed E-state index contributed by atoms with van der Waals surface area (Å²) in [6, 6.07) is 7.10. The molecule has 1 N–H and O–H groups in total. The zero-order chi connectivity index (χ0) is 14.2. The summed E-state index contributed by atoms with van der Waals surface area (Å²) in [6.45, 7) is 4.50. The van der Waals surface area contributed by atoms with Crippen LogP contribution in [0.15, 0.2) is 24.3 Å². The number of hydrogen-bond acceptors (Lipinski definition) is 1. The zero-order valence-corrected chi connectivity index (χ0v) is 12.7. The predicted octanol–water partition coefficient (Wildman–Crippen LogP) is 4.56. The van der Waals surface area contributed by atoms with Crippen LogP contribution in [0.4, 0.5) is 4.39 Å². The van der Waals surface area contributed by atoms with Crippen LogP contribution in [0, 0.1) is 17.7 Å². The van der Waals surface area contributed by atoms with Gasteiger partial charge >= 0.3 is 0 Å². The first kappa shape index (κ1) is 15.5. The molecule has 2 heteroatoms. The number of halogens is 1. The highest BCUT2D eigenvalue weighted by molar-refractivity contribution is 5.16. The van der Waals surface area contributed by atoms with Gasteiger partial charge < -0.3 is 5.32 Å². The maximum Gasteiger partial charge on any atom is 0.123 e. The Morgan fingerprint density at radius 3 is 2.45 bits per heavy atom. The maximum absolute atomic E-state index is 13.0. The summed E-state index contributed by atoms with van der Waals surface area (Å²) in [4.78, 5) is 0. The molecule has 0 aromatic heterocycles. The molecule has 0 aliphatic heterocycles. The monoisotopic (exact) mass is 277 g/mol. The molecule has 1 aromatic rings. The van der Waals surface area contributed by atoms with E-state index in [-0.39, 0.29) is 5.82 Å². The third kappa shape index (κ3) is 4.90. The molecule has 0 bridgehead atoms. The van der Waals surface area contributed by atoms with E-state index in [0.717, 1.165) is 31.3 Å². The molecule has 1 aliphatic rings. The van der Waals surface area contributed by atoms with E-state index in [0.29, 0.717) is 0 Å². The Balaban J connectivity index is 1.94. The Morgan fingerprint density at radius 1 is 1.05 bits per heavy atom. The quantitative estimate of drug-likeness (QED) is 0.593. The summed E-state index contributed by atoms with van der Waals surface area (Å²) >= 11 is 0. The van der Waals surface area contributed by atoms with Gasteiger partial charge in [0.05, 0.1) is 0 Å². The molecule has 20 heavy (non-hydrogen) atoms. The average Bonchev–Trinajstić information content (AvgIpc) is 2.67. The Kier molecular flexibility index (Phi) is 6.52. The zero-order valence-electron chi connectivity index (χ0n) is 12.7. The molecule has 0 saturated heterocycles. The third-order valence-corrected chi connectivity index (χ3v) is 4.56. The van der Waals surface area contributed by atoms with Crippen LogP contribution in [0.3, 0.4) is 0 Å². The highest BCUT2D eigenvalue weighted by Crippen LogP contribution is 2.31. The molecule has 1 aliphatic carbocycles. The summed E-state index contributed by atoms with van der Waals surface area (Å²) in [5.74, 6) is 1.41. The lowest BCUT2D eigenvalue weighted by Crippen LogP contribution is -2.29. The van der Waals surface area contributed by atoms with Gasteiger partial charge in [-0.05, 0) is 68.3 Å². The first-order valence-corrected chi connectivity index (χ1v) is 8.24. The molecule has 112 valence electrons. The van der Waals surface area contributed by atoms with Gasteiger partial charge in [0.25, 0.3) is 0 Å². The summed E-state index contributed by atoms with van der Waals surface area (Å²) in [5.41, 5.74) is 1.29. The Hall–Kier alpha value is -0.890. The van der Waals surface area contributed by atoms with Crippen LogP contribution >= 0.6 is 0 Å². The molecular weight excluding hydrogens is 249 g/mol. The van der Waals surface area contributed by atoms with E-state index in [1.807, 2.05) is 12.1 Å². The van der Waals surface area contributed by atoms with Crippen molar-refractivity contribution in [3.05, 3.63) is 35.6 Å². The van der Waals surface area contributed by atoms with Gasteiger partial charge in [-0.15, -0.1) is 0 Å². The van der Waals surface area contributed by atoms with Crippen molar-refractivity contribution in [1.29, 1.82) is 0 Å². The highest BCUT2D eigenvalue weighted by atomic mass is 19.1. The normalized spacial score (nSPS) is 23.5. The average molecular weight is 277 g/mol. The van der Waals surface area contributed by atoms with E-state index in [2.05, 4.69) is 12.2 Å². The van der Waals surface area contributed by atoms with Crippen LogP contribution < -0.4 is 5.32 Å². The topological polar surface area (TPSA) is 12.0 Å². The van der Waals surface area contributed by atoms with E-state index in [4.69, 9.17) is 0 Å². The standard InChI is InChI=1S/C18H28FN/c1-2-12-20-14-17-7-5-3-4-6-16(17)13-15-8-10-18(19)11-9-15/h8-11,16-17,20H,2-7,12-14H2,1H3. The minimum atomic E-state index is -0.129. The van der Waals surface area contributed by atoms with Crippen molar-refractivity contribution in [3.63, 3.8) is 0 Å². The molecule has 1 nitrogen and oxygen atoms in total. The van der Waals surface area contributed by atoms with Crippen molar-refractivity contribution in [2.75, 3.05) is 13.1 Å². The highest BCUT2D eigenvalue weighted by Gasteiger charge is 2.23. The molecule has 0 heterocycles. The number of hydrogen-bond donors (Lipinski definition) is 1. The van der Waals surface area contributed by atoms with Crippen molar-refractivity contribution >= 4 is 0 Å². The first-order valence-electron chi connectivity index (χ1n) is 8.24. The van der Waals surface area contributed by atoms with Crippen molar-refractivity contribution in [2.24, 2.45) is 11.8 Å². The lowest BCUT2D eigenvalue weighted by atomic mass is 9.83. The number of rotatable bonds is 6. The van der Waals surface area contributed by atoms with Gasteiger partial charge in [0.15, 0.2) is 0 Å². The van der Waals surface area contributed by atoms with Gasteiger partial charge in [-0.25, -0.2) is 4.39 Å². The second kappa shape index (κ2) is 8.41. The van der Waals surface area contributed by atoms with Gasteiger partial charge in [0.1, 0.15) is 5.82 Å². The largest absolute Gasteiger partial charge is 0.316 e. The fourth-order valence-electron chi connectivity index (χ4n) is 3.39. The maximum atomic E-state index is 13.0. The van der Waals surface area contributed by atoms with Gasteiger partial charge in [-0.2, -0.15) is 0 Å². The molecule has 2 rings (SSSR count). The van der Waals surface area contributed by atoms with E-state index in [9.17, 15) is 4.39 Å². The van der Waals surface area contributed by atoms with Gasteiger partial charge in [-0.3, -0.25) is 0 Å². The molecule has 1 aromatic carbocycles. The molecule has 0 amide bonds. The van der Waals surface area contributed by atoms with Crippen molar-refractivity contribution < 1.29 is 4.39 Å². The summed E-state index contributed by atoms with van der Waals surface area (Å²) in [5, 5.41) is 3.60. The van der Waals surface area contributed by atoms with Gasteiger partial charge in [0.2, 0.25) is 0 Å². The number of nitrogens with one attached hydrogen (secondary N) is 1. The summed E-state index contributed by atoms with van der Waals surface area (Å²) in [7, 11) is 0. The van der Waals surface area contributed by atoms with Crippen LogP contribution in [0.25, 0.3) is 0 Å². The van der Waals surface area contributed by atoms with Crippen molar-refractivity contribution in [3.8, 4) is 0 Å². The van der Waals surface area contributed by atoms with Crippen LogP contribution in [0.5, 0.6) is 0 Å². The fourth-order valence-corrected chi connectivity index (χ4v) is 3.39. The molecule has 1 fully saturated rings. The van der Waals surface area contributed by atoms with Gasteiger partial charge in [0, 0.05) is 0 Å². The Morgan fingerprint density at radius 2 is 1.75 bits per heavy atom. The lowest BCUT2D eigenvalue weighted by Gasteiger charge is -2.25. The third-order valence-electron chi connectivity index (χ3n) is 4.56. The van der Waals surface area contributed by atoms with E-state index in [1.165, 1.54) is 44.1 Å². The SMILES string of the molecule is CCCNCC1CCCCCC1Cc1ccc(F)cc1. The molecule has 2 unspecified atom stereocenters. The smallest absolute Gasteiger partial charge is 0.123 e. The predicted molar refractivity (Wildman–Crippen MR) is 83.3 cm³/mol. The first-order chi connectivity index (χ1) is 9.79. The summed E-state index contributed by atoms with van der Waals surface area (Å²) < 4.78 is 13.0. The van der Waals surface area contributed by atoms with Gasteiger partial charge in [-0.1, -0.05) is 38.3 Å². The van der Waals surface area contributed by atoms with E-state index >= 15 is 0 Å². The molecule has 2 atom stereocenters. The fraction of sp³-hybridized carbons (Fsp3) is 0.667. The molecule has 1 saturated carbocycles. The number of benzene rings is 1. The van der Waals surface area contributed by atoms with Crippen molar-refractivity contribution in [2.45, 2.75) is 51.9 Å². The van der Waals surface area contributed by atoms with Crippen LogP contribution in [-0.4, -0.2) is 13.1 Å². The Bertz CT molecular complexity index is 374. The van der Waals surface area contributed by atoms with E-state index in [1.54, 1.807) is 12.1 Å². The molecule has 0 radical (unpaired) electrons. The summed E-state index contributed by atoms with van der Waals surface area (Å²) in [6.07, 6.45) is 9.10. The minimum Gasteiger partial charge on any atom is -0.316 e. The van der Waals surface area contributed by atoms with Crippen LogP contribution in [0.1, 0.15) is 51.0 Å². The minimum absolute atomic E-state index is 0.129. The van der Waals surface area contributed by atoms with Crippen LogP contribution in [0.2, 0.25) is 0 Å². The molecular formula is C18H28FN. The second-order valence-corrected chi connectivity index (χ2v) is 6.19. The van der Waals surface area contributed by atoms with E-state index < -0.39 is 0 Å². The van der Waals surface area contributed by atoms with Crippen LogP contribution in [-0.2, 0) is 6.42 Å². The Labute approximate surface area is 123 Å². The molecule has 0 spiro atoms. The second-order valence-electron chi connectivity index (χ2n) is 6.19. The lowest BCUT2D eigenvalue weighted by molar-refractivity contribution is 0.298. The van der Waals surface area contributed by atoms with Crippen molar-refractivity contribution in [1.82, 2.24) is 5.32 Å².